The first-order chi connectivity index (χ1) is 11.0. The maximum absolute atomic E-state index is 12.1. The van der Waals surface area contributed by atoms with Crippen LogP contribution in [-0.2, 0) is 6.54 Å². The second-order valence-corrected chi connectivity index (χ2v) is 5.60. The summed E-state index contributed by atoms with van der Waals surface area (Å²) in [6.07, 6.45) is 2.37. The number of furan rings is 1. The van der Waals surface area contributed by atoms with Gasteiger partial charge in [-0.2, -0.15) is 0 Å². The highest BCUT2D eigenvalue weighted by atomic mass is 16.3. The second-order valence-electron chi connectivity index (χ2n) is 5.60. The molecular formula is C18H22N2O3. The van der Waals surface area contributed by atoms with E-state index in [0.717, 1.165) is 17.5 Å². The van der Waals surface area contributed by atoms with E-state index >= 15 is 0 Å². The standard InChI is InChI=1S/C18H22N2O3/c1-4-13(3)20-17(21)15-7-5-6-14(10-15)11-19-18(22)16-12(2)8-9-23-16/h5-10,13H,4,11H2,1-3H3,(H,19,22)(H,20,21). The number of aryl methyl sites for hydroxylation is 1. The zero-order chi connectivity index (χ0) is 16.8. The lowest BCUT2D eigenvalue weighted by Gasteiger charge is -2.12. The normalized spacial score (nSPS) is 11.8. The molecule has 122 valence electrons. The Hall–Kier alpha value is -2.56. The quantitative estimate of drug-likeness (QED) is 0.861. The van der Waals surface area contributed by atoms with Crippen molar-refractivity contribution in [2.45, 2.75) is 39.8 Å². The molecule has 0 fully saturated rings. The van der Waals surface area contributed by atoms with E-state index in [1.165, 1.54) is 6.26 Å². The fraction of sp³-hybridized carbons (Fsp3) is 0.333. The Labute approximate surface area is 136 Å². The van der Waals surface area contributed by atoms with Crippen LogP contribution in [0, 0.1) is 6.92 Å². The summed E-state index contributed by atoms with van der Waals surface area (Å²) < 4.78 is 5.16. The number of nitrogens with one attached hydrogen (secondary N) is 2. The van der Waals surface area contributed by atoms with E-state index in [2.05, 4.69) is 10.6 Å². The molecule has 5 nitrogen and oxygen atoms in total. The van der Waals surface area contributed by atoms with Crippen LogP contribution < -0.4 is 10.6 Å². The molecule has 0 bridgehead atoms. The zero-order valence-electron chi connectivity index (χ0n) is 13.7. The van der Waals surface area contributed by atoms with Gasteiger partial charge >= 0.3 is 0 Å². The third kappa shape index (κ3) is 4.45. The Morgan fingerprint density at radius 3 is 2.65 bits per heavy atom. The lowest BCUT2D eigenvalue weighted by atomic mass is 10.1. The molecule has 1 heterocycles. The third-order valence-corrected chi connectivity index (χ3v) is 3.70. The van der Waals surface area contributed by atoms with Gasteiger partial charge in [0.1, 0.15) is 0 Å². The zero-order valence-corrected chi connectivity index (χ0v) is 13.7. The topological polar surface area (TPSA) is 71.3 Å². The summed E-state index contributed by atoms with van der Waals surface area (Å²) in [7, 11) is 0. The van der Waals surface area contributed by atoms with Gasteiger partial charge < -0.3 is 15.1 Å². The van der Waals surface area contributed by atoms with Crippen molar-refractivity contribution in [1.82, 2.24) is 10.6 Å². The van der Waals surface area contributed by atoms with Crippen molar-refractivity contribution in [2.75, 3.05) is 0 Å². The molecule has 5 heteroatoms. The lowest BCUT2D eigenvalue weighted by Crippen LogP contribution is -2.32. The van der Waals surface area contributed by atoms with E-state index in [9.17, 15) is 9.59 Å². The third-order valence-electron chi connectivity index (χ3n) is 3.70. The molecule has 2 rings (SSSR count). The summed E-state index contributed by atoms with van der Waals surface area (Å²) in [5.41, 5.74) is 2.25. The van der Waals surface area contributed by atoms with Crippen LogP contribution in [0.4, 0.5) is 0 Å². The van der Waals surface area contributed by atoms with Gasteiger partial charge in [0.2, 0.25) is 0 Å². The van der Waals surface area contributed by atoms with Gasteiger partial charge in [-0.1, -0.05) is 19.1 Å². The largest absolute Gasteiger partial charge is 0.459 e. The van der Waals surface area contributed by atoms with E-state index < -0.39 is 0 Å². The van der Waals surface area contributed by atoms with Crippen LogP contribution in [0.5, 0.6) is 0 Å². The summed E-state index contributed by atoms with van der Waals surface area (Å²) in [6.45, 7) is 6.14. The summed E-state index contributed by atoms with van der Waals surface area (Å²) in [5, 5.41) is 5.72. The van der Waals surface area contributed by atoms with E-state index in [4.69, 9.17) is 4.42 Å². The van der Waals surface area contributed by atoms with Crippen LogP contribution in [0.2, 0.25) is 0 Å². The molecule has 1 aromatic carbocycles. The predicted molar refractivity (Wildman–Crippen MR) is 88.3 cm³/mol. The molecule has 1 unspecified atom stereocenters. The maximum Gasteiger partial charge on any atom is 0.287 e. The van der Waals surface area contributed by atoms with Crippen molar-refractivity contribution >= 4 is 11.8 Å². The highest BCUT2D eigenvalue weighted by Gasteiger charge is 2.13. The molecule has 2 amide bonds. The molecule has 1 atom stereocenters. The van der Waals surface area contributed by atoms with Gasteiger partial charge in [0.25, 0.3) is 11.8 Å². The van der Waals surface area contributed by atoms with Crippen LogP contribution >= 0.6 is 0 Å². The van der Waals surface area contributed by atoms with Crippen molar-refractivity contribution in [1.29, 1.82) is 0 Å². The van der Waals surface area contributed by atoms with Gasteiger partial charge in [0, 0.05) is 23.7 Å². The van der Waals surface area contributed by atoms with Crippen LogP contribution in [0.25, 0.3) is 0 Å². The first-order valence-corrected chi connectivity index (χ1v) is 7.73. The molecule has 2 aromatic rings. The number of benzene rings is 1. The first-order valence-electron chi connectivity index (χ1n) is 7.73. The summed E-state index contributed by atoms with van der Waals surface area (Å²) >= 11 is 0. The van der Waals surface area contributed by atoms with Gasteiger partial charge in [-0.25, -0.2) is 0 Å². The number of amides is 2. The number of rotatable bonds is 6. The Bertz CT molecular complexity index is 691. The molecule has 0 saturated heterocycles. The second kappa shape index (κ2) is 7.63. The number of carbonyl (C=O) groups is 2. The summed E-state index contributed by atoms with van der Waals surface area (Å²) in [5.74, 6) is -0.0490. The predicted octanol–water partition coefficient (Wildman–Crippen LogP) is 3.05. The molecule has 2 N–H and O–H groups in total. The Morgan fingerprint density at radius 2 is 2.00 bits per heavy atom. The van der Waals surface area contributed by atoms with Crippen molar-refractivity contribution in [3.05, 3.63) is 59.0 Å². The molecule has 0 saturated carbocycles. The molecule has 0 aliphatic heterocycles. The average Bonchev–Trinajstić information content (AvgIpc) is 2.98. The van der Waals surface area contributed by atoms with Gasteiger partial charge in [-0.05, 0) is 44.0 Å². The van der Waals surface area contributed by atoms with Crippen molar-refractivity contribution in [3.63, 3.8) is 0 Å². The van der Waals surface area contributed by atoms with E-state index in [1.807, 2.05) is 32.9 Å². The highest BCUT2D eigenvalue weighted by Crippen LogP contribution is 2.10. The molecular weight excluding hydrogens is 292 g/mol. The average molecular weight is 314 g/mol. The highest BCUT2D eigenvalue weighted by molar-refractivity contribution is 5.95. The van der Waals surface area contributed by atoms with Crippen molar-refractivity contribution in [2.24, 2.45) is 0 Å². The molecule has 0 spiro atoms. The van der Waals surface area contributed by atoms with Gasteiger partial charge in [0.15, 0.2) is 5.76 Å². The van der Waals surface area contributed by atoms with E-state index in [0.29, 0.717) is 17.9 Å². The lowest BCUT2D eigenvalue weighted by molar-refractivity contribution is 0.0920. The van der Waals surface area contributed by atoms with Gasteiger partial charge in [-0.3, -0.25) is 9.59 Å². The van der Waals surface area contributed by atoms with Crippen LogP contribution in [-0.4, -0.2) is 17.9 Å². The van der Waals surface area contributed by atoms with Crippen LogP contribution in [0.3, 0.4) is 0 Å². The van der Waals surface area contributed by atoms with Gasteiger partial charge in [-0.15, -0.1) is 0 Å². The minimum atomic E-state index is -0.262. The minimum absolute atomic E-state index is 0.102. The molecule has 0 aliphatic carbocycles. The number of hydrogen-bond donors (Lipinski definition) is 2. The fourth-order valence-corrected chi connectivity index (χ4v) is 2.10. The summed E-state index contributed by atoms with van der Waals surface area (Å²) in [6, 6.07) is 9.11. The summed E-state index contributed by atoms with van der Waals surface area (Å²) in [4.78, 5) is 24.1. The molecule has 1 aromatic heterocycles. The van der Waals surface area contributed by atoms with Crippen molar-refractivity contribution in [3.8, 4) is 0 Å². The van der Waals surface area contributed by atoms with Crippen LogP contribution in [0.15, 0.2) is 41.0 Å². The Balaban J connectivity index is 1.99. The fourth-order valence-electron chi connectivity index (χ4n) is 2.10. The molecule has 23 heavy (non-hydrogen) atoms. The molecule has 0 radical (unpaired) electrons. The molecule has 0 aliphatic rings. The number of hydrogen-bond acceptors (Lipinski definition) is 3. The Morgan fingerprint density at radius 1 is 1.22 bits per heavy atom. The first kappa shape index (κ1) is 16.8. The monoisotopic (exact) mass is 314 g/mol. The maximum atomic E-state index is 12.1. The van der Waals surface area contributed by atoms with Crippen LogP contribution in [0.1, 0.15) is 52.3 Å². The minimum Gasteiger partial charge on any atom is -0.459 e. The Kier molecular flexibility index (Phi) is 5.57. The van der Waals surface area contributed by atoms with Crippen molar-refractivity contribution < 1.29 is 14.0 Å². The van der Waals surface area contributed by atoms with E-state index in [1.54, 1.807) is 18.2 Å². The smallest absolute Gasteiger partial charge is 0.287 e. The SMILES string of the molecule is CCC(C)NC(=O)c1cccc(CNC(=O)c2occc2C)c1. The van der Waals surface area contributed by atoms with Gasteiger partial charge in [0.05, 0.1) is 6.26 Å². The van der Waals surface area contributed by atoms with E-state index in [-0.39, 0.29) is 17.9 Å². The number of carbonyl (C=O) groups excluding carboxylic acids is 2.